The molecule has 246 valence electrons. The van der Waals surface area contributed by atoms with E-state index in [-0.39, 0.29) is 37.6 Å². The van der Waals surface area contributed by atoms with Gasteiger partial charge in [0.25, 0.3) is 0 Å². The van der Waals surface area contributed by atoms with Crippen molar-refractivity contribution in [2.24, 2.45) is 5.41 Å². The Labute approximate surface area is 253 Å². The highest BCUT2D eigenvalue weighted by molar-refractivity contribution is 5.75. The SMILES string of the molecule is CC(C)(C)n1nccc1Nc1cccc(CC2(C(=O)O)CCC(Oc3cccc(C(F)(F)F)c3F)CC2)n1.O=C(O)C(F)(F)F. The van der Waals surface area contributed by atoms with Crippen LogP contribution in [0, 0.1) is 11.2 Å². The Kier molecular flexibility index (Phi) is 10.4. The van der Waals surface area contributed by atoms with E-state index in [0.717, 1.165) is 18.0 Å². The number of alkyl halides is 6. The molecule has 2 heterocycles. The number of ether oxygens (including phenoxy) is 1. The lowest BCUT2D eigenvalue weighted by Gasteiger charge is -2.36. The lowest BCUT2D eigenvalue weighted by Crippen LogP contribution is -2.40. The highest BCUT2D eigenvalue weighted by atomic mass is 19.4. The minimum Gasteiger partial charge on any atom is -0.487 e. The molecule has 0 bridgehead atoms. The van der Waals surface area contributed by atoms with E-state index in [1.807, 2.05) is 31.5 Å². The first-order valence-electron chi connectivity index (χ1n) is 13.6. The second kappa shape index (κ2) is 13.3. The lowest BCUT2D eigenvalue weighted by molar-refractivity contribution is -0.192. The van der Waals surface area contributed by atoms with Gasteiger partial charge in [0.15, 0.2) is 11.6 Å². The summed E-state index contributed by atoms with van der Waals surface area (Å²) in [7, 11) is 0. The number of carboxylic acids is 2. The third-order valence-electron chi connectivity index (χ3n) is 7.01. The number of nitrogens with one attached hydrogen (secondary N) is 1. The molecule has 1 fully saturated rings. The number of nitrogens with zero attached hydrogens (tertiary/aromatic N) is 3. The molecule has 16 heteroatoms. The molecule has 3 N–H and O–H groups in total. The van der Waals surface area contributed by atoms with Crippen molar-refractivity contribution in [2.75, 3.05) is 5.32 Å². The fourth-order valence-electron chi connectivity index (χ4n) is 4.79. The van der Waals surface area contributed by atoms with Gasteiger partial charge >= 0.3 is 24.3 Å². The molecule has 0 radical (unpaired) electrons. The highest BCUT2D eigenvalue weighted by Crippen LogP contribution is 2.42. The van der Waals surface area contributed by atoms with Gasteiger partial charge in [-0.15, -0.1) is 0 Å². The summed E-state index contributed by atoms with van der Waals surface area (Å²) < 4.78 is 92.6. The zero-order valence-corrected chi connectivity index (χ0v) is 24.3. The van der Waals surface area contributed by atoms with Crippen LogP contribution in [-0.4, -0.2) is 49.2 Å². The summed E-state index contributed by atoms with van der Waals surface area (Å²) in [5, 5.41) is 24.8. The molecule has 1 aliphatic rings. The number of hydrogen-bond acceptors (Lipinski definition) is 6. The van der Waals surface area contributed by atoms with Crippen molar-refractivity contribution in [2.45, 2.75) is 76.9 Å². The molecule has 1 aromatic carbocycles. The molecule has 9 nitrogen and oxygen atoms in total. The van der Waals surface area contributed by atoms with Gasteiger partial charge in [-0.1, -0.05) is 12.1 Å². The van der Waals surface area contributed by atoms with Crippen LogP contribution < -0.4 is 10.1 Å². The summed E-state index contributed by atoms with van der Waals surface area (Å²) in [5.41, 5.74) is -2.18. The van der Waals surface area contributed by atoms with Gasteiger partial charge in [0, 0.05) is 18.2 Å². The molecule has 4 rings (SSSR count). The molecule has 0 amide bonds. The van der Waals surface area contributed by atoms with Crippen LogP contribution in [0.2, 0.25) is 0 Å². The summed E-state index contributed by atoms with van der Waals surface area (Å²) in [6, 6.07) is 10.1. The Balaban J connectivity index is 0.000000707. The van der Waals surface area contributed by atoms with E-state index < -0.39 is 52.9 Å². The number of carboxylic acid groups (broad SMARTS) is 2. The van der Waals surface area contributed by atoms with Crippen LogP contribution in [-0.2, 0) is 27.7 Å². The number of pyridine rings is 1. The van der Waals surface area contributed by atoms with Crippen molar-refractivity contribution in [3.63, 3.8) is 0 Å². The Morgan fingerprint density at radius 1 is 1.00 bits per heavy atom. The van der Waals surface area contributed by atoms with Crippen molar-refractivity contribution in [3.05, 3.63) is 65.7 Å². The first-order chi connectivity index (χ1) is 20.7. The summed E-state index contributed by atoms with van der Waals surface area (Å²) in [4.78, 5) is 25.9. The molecule has 0 spiro atoms. The van der Waals surface area contributed by atoms with E-state index >= 15 is 0 Å². The predicted octanol–water partition coefficient (Wildman–Crippen LogP) is 7.20. The maximum atomic E-state index is 14.4. The van der Waals surface area contributed by atoms with E-state index in [0.29, 0.717) is 17.6 Å². The normalized spacial score (nSPS) is 18.8. The van der Waals surface area contributed by atoms with Gasteiger partial charge in [0.2, 0.25) is 0 Å². The van der Waals surface area contributed by atoms with Gasteiger partial charge in [0.05, 0.1) is 28.8 Å². The van der Waals surface area contributed by atoms with Gasteiger partial charge < -0.3 is 20.3 Å². The molecule has 1 saturated carbocycles. The van der Waals surface area contributed by atoms with Crippen LogP contribution in [0.4, 0.5) is 42.4 Å². The first-order valence-corrected chi connectivity index (χ1v) is 13.6. The van der Waals surface area contributed by atoms with Crippen LogP contribution in [0.3, 0.4) is 0 Å². The minimum absolute atomic E-state index is 0.168. The van der Waals surface area contributed by atoms with Gasteiger partial charge in [-0.05, 0) is 70.7 Å². The minimum atomic E-state index is -5.08. The Morgan fingerprint density at radius 3 is 2.13 bits per heavy atom. The van der Waals surface area contributed by atoms with Crippen LogP contribution >= 0.6 is 0 Å². The van der Waals surface area contributed by atoms with E-state index in [4.69, 9.17) is 14.6 Å². The molecule has 0 atom stereocenters. The molecule has 3 aromatic rings. The molecule has 0 unspecified atom stereocenters. The second-order valence-electron chi connectivity index (χ2n) is 11.4. The maximum Gasteiger partial charge on any atom is 0.490 e. The van der Waals surface area contributed by atoms with Gasteiger partial charge in [-0.3, -0.25) is 4.79 Å². The Hall–Kier alpha value is -4.37. The number of benzene rings is 1. The maximum absolute atomic E-state index is 14.4. The summed E-state index contributed by atoms with van der Waals surface area (Å²) in [6.07, 6.45) is -7.73. The average molecular weight is 649 g/mol. The fraction of sp³-hybridized carbons (Fsp3) is 0.448. The van der Waals surface area contributed by atoms with Gasteiger partial charge in [-0.2, -0.15) is 31.4 Å². The highest BCUT2D eigenvalue weighted by Gasteiger charge is 2.43. The Morgan fingerprint density at radius 2 is 1.60 bits per heavy atom. The standard InChI is InChI=1S/C27H30F4N4O3.C2HF3O2/c1-25(2,3)35-22(12-15-32-35)34-21-9-4-6-17(33-21)16-26(24(36)37)13-10-18(11-14-26)38-20-8-5-7-19(23(20)28)27(29,30)31;3-2(4,5)1(6)7/h4-9,12,15,18H,10-11,13-14,16H2,1-3H3,(H,33,34)(H,36,37);(H,6,7). The van der Waals surface area contributed by atoms with Crippen LogP contribution in [0.5, 0.6) is 5.75 Å². The van der Waals surface area contributed by atoms with Crippen molar-refractivity contribution in [1.82, 2.24) is 14.8 Å². The number of hydrogen-bond donors (Lipinski definition) is 3. The average Bonchev–Trinajstić information content (AvgIpc) is 3.39. The molecule has 1 aliphatic carbocycles. The van der Waals surface area contributed by atoms with Gasteiger partial charge in [-0.25, -0.2) is 18.9 Å². The van der Waals surface area contributed by atoms with Crippen molar-refractivity contribution < 1.29 is 55.3 Å². The van der Waals surface area contributed by atoms with E-state index in [2.05, 4.69) is 15.4 Å². The summed E-state index contributed by atoms with van der Waals surface area (Å²) >= 11 is 0. The van der Waals surface area contributed by atoms with Crippen molar-refractivity contribution in [1.29, 1.82) is 0 Å². The van der Waals surface area contributed by atoms with Crippen molar-refractivity contribution in [3.8, 4) is 5.75 Å². The summed E-state index contributed by atoms with van der Waals surface area (Å²) in [6.45, 7) is 6.06. The molecular weight excluding hydrogens is 617 g/mol. The zero-order chi connectivity index (χ0) is 33.8. The molecular formula is C29H31F7N4O5. The number of anilines is 2. The van der Waals surface area contributed by atoms with Crippen LogP contribution in [0.25, 0.3) is 0 Å². The fourth-order valence-corrected chi connectivity index (χ4v) is 4.79. The lowest BCUT2D eigenvalue weighted by atomic mass is 9.70. The van der Waals surface area contributed by atoms with Crippen molar-refractivity contribution >= 4 is 23.6 Å². The largest absolute Gasteiger partial charge is 0.490 e. The summed E-state index contributed by atoms with van der Waals surface area (Å²) in [5.74, 6) is -4.39. The molecule has 2 aromatic heterocycles. The van der Waals surface area contributed by atoms with Crippen LogP contribution in [0.15, 0.2) is 48.7 Å². The Bertz CT molecular complexity index is 1490. The number of carbonyl (C=O) groups is 2. The number of halogens is 7. The number of aromatic nitrogens is 3. The topological polar surface area (TPSA) is 127 Å². The predicted molar refractivity (Wildman–Crippen MR) is 146 cm³/mol. The van der Waals surface area contributed by atoms with Crippen LogP contribution in [0.1, 0.15) is 57.7 Å². The quantitative estimate of drug-likeness (QED) is 0.230. The number of aliphatic carboxylic acids is 2. The molecule has 0 saturated heterocycles. The molecule has 45 heavy (non-hydrogen) atoms. The smallest absolute Gasteiger partial charge is 0.487 e. The monoisotopic (exact) mass is 648 g/mol. The van der Waals surface area contributed by atoms with E-state index in [9.17, 15) is 40.6 Å². The third-order valence-corrected chi connectivity index (χ3v) is 7.01. The van der Waals surface area contributed by atoms with Gasteiger partial charge in [0.1, 0.15) is 11.6 Å². The van der Waals surface area contributed by atoms with E-state index in [1.165, 1.54) is 0 Å². The second-order valence-corrected chi connectivity index (χ2v) is 11.4. The van der Waals surface area contributed by atoms with E-state index in [1.54, 1.807) is 24.4 Å². The third kappa shape index (κ3) is 9.08. The molecule has 0 aliphatic heterocycles. The zero-order valence-electron chi connectivity index (χ0n) is 24.3. The first kappa shape index (κ1) is 35.1. The number of rotatable bonds is 7.